The lowest BCUT2D eigenvalue weighted by Crippen LogP contribution is -2.24. The van der Waals surface area contributed by atoms with E-state index in [2.05, 4.69) is 41.5 Å². The van der Waals surface area contributed by atoms with Crippen LogP contribution in [0.15, 0.2) is 77.4 Å². The Morgan fingerprint density at radius 3 is 2.28 bits per heavy atom. The number of carbonyl (C=O) groups is 1. The molecule has 0 unspecified atom stereocenters. The standard InChI is InChI=1S/C33H31F3N4O2.ClH/c1-19-29(20(2)42-40-19)22-12-15-24-28(16-22)37-18-25(30(24)39-27-9-7-6-8-26(27)32(3,4)5)31(41)38-17-21-10-13-23(14-11-21)33(34,35)36;/h6-16,18H,17H2,1-5H3,(H,37,39)(H,38,41);1H. The molecule has 10 heteroatoms. The van der Waals surface area contributed by atoms with E-state index in [1.807, 2.05) is 56.3 Å². The summed E-state index contributed by atoms with van der Waals surface area (Å²) in [6, 6.07) is 18.4. The van der Waals surface area contributed by atoms with Gasteiger partial charge in [0, 0.05) is 29.4 Å². The van der Waals surface area contributed by atoms with E-state index in [-0.39, 0.29) is 24.4 Å². The largest absolute Gasteiger partial charge is 0.416 e. The molecule has 0 radical (unpaired) electrons. The number of fused-ring (bicyclic) bond motifs is 1. The first-order valence-electron chi connectivity index (χ1n) is 13.5. The summed E-state index contributed by atoms with van der Waals surface area (Å²) in [7, 11) is 0. The minimum Gasteiger partial charge on any atom is -0.361 e. The zero-order valence-corrected chi connectivity index (χ0v) is 25.2. The first kappa shape index (κ1) is 31.6. The van der Waals surface area contributed by atoms with Crippen molar-refractivity contribution < 1.29 is 22.5 Å². The number of hydrogen-bond acceptors (Lipinski definition) is 5. The molecule has 0 fully saturated rings. The molecule has 3 aromatic carbocycles. The molecule has 5 rings (SSSR count). The van der Waals surface area contributed by atoms with Crippen LogP contribution in [0.1, 0.15) is 59.3 Å². The quantitative estimate of drug-likeness (QED) is 0.201. The first-order valence-corrected chi connectivity index (χ1v) is 13.5. The number of nitrogens with zero attached hydrogens (tertiary/aromatic N) is 2. The number of carbonyl (C=O) groups excluding carboxylic acids is 1. The van der Waals surface area contributed by atoms with Gasteiger partial charge in [0.2, 0.25) is 0 Å². The number of nitrogens with one attached hydrogen (secondary N) is 2. The highest BCUT2D eigenvalue weighted by atomic mass is 35.5. The number of pyridine rings is 1. The Balaban J connectivity index is 0.00000423. The number of anilines is 2. The van der Waals surface area contributed by atoms with E-state index in [0.29, 0.717) is 28.1 Å². The number of rotatable bonds is 6. The molecule has 5 aromatic rings. The van der Waals surface area contributed by atoms with Crippen LogP contribution in [0.4, 0.5) is 24.5 Å². The van der Waals surface area contributed by atoms with Crippen molar-refractivity contribution in [3.05, 3.63) is 107 Å². The third kappa shape index (κ3) is 6.67. The zero-order valence-electron chi connectivity index (χ0n) is 24.4. The molecule has 0 aliphatic heterocycles. The number of amides is 1. The Hall–Kier alpha value is -4.37. The van der Waals surface area contributed by atoms with Crippen LogP contribution < -0.4 is 10.6 Å². The number of aryl methyl sites for hydroxylation is 2. The van der Waals surface area contributed by atoms with E-state index in [1.165, 1.54) is 18.3 Å². The van der Waals surface area contributed by atoms with E-state index >= 15 is 0 Å². The molecule has 0 saturated carbocycles. The van der Waals surface area contributed by atoms with Gasteiger partial charge in [-0.2, -0.15) is 13.2 Å². The minimum absolute atomic E-state index is 0. The molecule has 2 N–H and O–H groups in total. The van der Waals surface area contributed by atoms with Gasteiger partial charge in [0.25, 0.3) is 5.91 Å². The van der Waals surface area contributed by atoms with Crippen molar-refractivity contribution >= 4 is 40.6 Å². The maximum absolute atomic E-state index is 13.5. The zero-order chi connectivity index (χ0) is 30.2. The third-order valence-electron chi connectivity index (χ3n) is 7.16. The third-order valence-corrected chi connectivity index (χ3v) is 7.16. The number of hydrogen-bond donors (Lipinski definition) is 2. The highest BCUT2D eigenvalue weighted by molar-refractivity contribution is 6.08. The van der Waals surface area contributed by atoms with Crippen LogP contribution in [-0.4, -0.2) is 16.0 Å². The molecule has 0 spiro atoms. The monoisotopic (exact) mass is 608 g/mol. The van der Waals surface area contributed by atoms with Crippen molar-refractivity contribution in [3.63, 3.8) is 0 Å². The Morgan fingerprint density at radius 2 is 1.65 bits per heavy atom. The Bertz CT molecular complexity index is 1760. The maximum Gasteiger partial charge on any atom is 0.416 e. The Morgan fingerprint density at radius 1 is 0.953 bits per heavy atom. The van der Waals surface area contributed by atoms with Gasteiger partial charge < -0.3 is 15.2 Å². The van der Waals surface area contributed by atoms with Gasteiger partial charge in [0.1, 0.15) is 5.76 Å². The van der Waals surface area contributed by atoms with Crippen molar-refractivity contribution in [2.45, 2.75) is 52.8 Å². The van der Waals surface area contributed by atoms with Crippen LogP contribution in [0, 0.1) is 13.8 Å². The summed E-state index contributed by atoms with van der Waals surface area (Å²) in [5, 5.41) is 11.1. The van der Waals surface area contributed by atoms with E-state index < -0.39 is 17.6 Å². The van der Waals surface area contributed by atoms with Gasteiger partial charge in [-0.15, -0.1) is 12.4 Å². The number of benzene rings is 3. The Kier molecular flexibility index (Phi) is 8.87. The highest BCUT2D eigenvalue weighted by Crippen LogP contribution is 2.37. The van der Waals surface area contributed by atoms with Crippen LogP contribution in [0.25, 0.3) is 22.0 Å². The van der Waals surface area contributed by atoms with E-state index in [1.54, 1.807) is 0 Å². The summed E-state index contributed by atoms with van der Waals surface area (Å²) in [5.41, 5.74) is 5.66. The molecule has 2 heterocycles. The average molecular weight is 609 g/mol. The smallest absolute Gasteiger partial charge is 0.361 e. The van der Waals surface area contributed by atoms with Crippen LogP contribution in [0.3, 0.4) is 0 Å². The molecular weight excluding hydrogens is 577 g/mol. The van der Waals surface area contributed by atoms with Crippen molar-refractivity contribution in [1.29, 1.82) is 0 Å². The minimum atomic E-state index is -4.42. The van der Waals surface area contributed by atoms with Gasteiger partial charge >= 0.3 is 6.18 Å². The lowest BCUT2D eigenvalue weighted by atomic mass is 9.85. The van der Waals surface area contributed by atoms with Gasteiger partial charge in [-0.25, -0.2) is 0 Å². The first-order chi connectivity index (χ1) is 19.8. The summed E-state index contributed by atoms with van der Waals surface area (Å²) in [6.45, 7) is 10.1. The second-order valence-corrected chi connectivity index (χ2v) is 11.3. The summed E-state index contributed by atoms with van der Waals surface area (Å²) < 4.78 is 44.2. The molecule has 0 saturated heterocycles. The van der Waals surface area contributed by atoms with Gasteiger partial charge in [0.15, 0.2) is 0 Å². The van der Waals surface area contributed by atoms with E-state index in [9.17, 15) is 18.0 Å². The molecule has 0 aliphatic carbocycles. The van der Waals surface area contributed by atoms with E-state index in [0.717, 1.165) is 45.6 Å². The highest BCUT2D eigenvalue weighted by Gasteiger charge is 2.30. The second-order valence-electron chi connectivity index (χ2n) is 11.3. The maximum atomic E-state index is 13.5. The summed E-state index contributed by atoms with van der Waals surface area (Å²) >= 11 is 0. The van der Waals surface area contributed by atoms with Crippen LogP contribution in [0.2, 0.25) is 0 Å². The fourth-order valence-electron chi connectivity index (χ4n) is 5.02. The van der Waals surface area contributed by atoms with Crippen molar-refractivity contribution in [3.8, 4) is 11.1 Å². The molecule has 0 aliphatic rings. The van der Waals surface area contributed by atoms with Crippen molar-refractivity contribution in [2.75, 3.05) is 5.32 Å². The molecule has 6 nitrogen and oxygen atoms in total. The lowest BCUT2D eigenvalue weighted by Gasteiger charge is -2.24. The number of alkyl halides is 3. The normalized spacial score (nSPS) is 11.7. The summed E-state index contributed by atoms with van der Waals surface area (Å²) in [4.78, 5) is 18.2. The predicted molar refractivity (Wildman–Crippen MR) is 165 cm³/mol. The summed E-state index contributed by atoms with van der Waals surface area (Å²) in [5.74, 6) is 0.290. The van der Waals surface area contributed by atoms with Crippen molar-refractivity contribution in [1.82, 2.24) is 15.5 Å². The lowest BCUT2D eigenvalue weighted by molar-refractivity contribution is -0.137. The van der Waals surface area contributed by atoms with Gasteiger partial charge in [-0.05, 0) is 60.2 Å². The SMILES string of the molecule is Cc1noc(C)c1-c1ccc2c(Nc3ccccc3C(C)(C)C)c(C(=O)NCc3ccc(C(F)(F)F)cc3)cnc2c1.Cl. The fourth-order valence-corrected chi connectivity index (χ4v) is 5.02. The van der Waals surface area contributed by atoms with Crippen LogP contribution >= 0.6 is 12.4 Å². The van der Waals surface area contributed by atoms with Crippen LogP contribution in [-0.2, 0) is 18.1 Å². The average Bonchev–Trinajstić information content (AvgIpc) is 3.28. The number of para-hydroxylation sites is 1. The topological polar surface area (TPSA) is 80.0 Å². The van der Waals surface area contributed by atoms with Crippen LogP contribution in [0.5, 0.6) is 0 Å². The number of halogens is 4. The van der Waals surface area contributed by atoms with Crippen molar-refractivity contribution in [2.24, 2.45) is 0 Å². The summed E-state index contributed by atoms with van der Waals surface area (Å²) in [6.07, 6.45) is -2.91. The molecule has 1 amide bonds. The molecule has 0 bridgehead atoms. The molecular formula is C33H32ClF3N4O2. The molecule has 2 aromatic heterocycles. The Labute approximate surface area is 254 Å². The van der Waals surface area contributed by atoms with Gasteiger partial charge in [-0.3, -0.25) is 9.78 Å². The van der Waals surface area contributed by atoms with Gasteiger partial charge in [-0.1, -0.05) is 68.4 Å². The molecule has 43 heavy (non-hydrogen) atoms. The van der Waals surface area contributed by atoms with Gasteiger partial charge in [0.05, 0.1) is 28.0 Å². The van der Waals surface area contributed by atoms with E-state index in [4.69, 9.17) is 4.52 Å². The second kappa shape index (κ2) is 12.1. The fraction of sp³-hybridized carbons (Fsp3) is 0.242. The molecule has 224 valence electrons. The predicted octanol–water partition coefficient (Wildman–Crippen LogP) is 8.92. The molecule has 0 atom stereocenters. The number of aromatic nitrogens is 2.